The molecule has 1 saturated heterocycles. The zero-order chi connectivity index (χ0) is 31.8. The van der Waals surface area contributed by atoms with Crippen LogP contribution in [0.3, 0.4) is 0 Å². The second kappa shape index (κ2) is 10.4. The van der Waals surface area contributed by atoms with Gasteiger partial charge < -0.3 is 5.11 Å². The number of phenols is 1. The molecular weight excluding hydrogens is 586 g/mol. The fourth-order valence-corrected chi connectivity index (χ4v) is 8.91. The molecule has 7 heteroatoms. The topological polar surface area (TPSA) is 91.8 Å². The predicted octanol–water partition coefficient (Wildman–Crippen LogP) is 6.67. The highest BCUT2D eigenvalue weighted by molar-refractivity contribution is 6.33. The maximum atomic E-state index is 15.0. The van der Waals surface area contributed by atoms with Gasteiger partial charge >= 0.3 is 0 Å². The second-order valence-corrected chi connectivity index (χ2v) is 14.1. The summed E-state index contributed by atoms with van der Waals surface area (Å²) in [7, 11) is 0. The Kier molecular flexibility index (Phi) is 6.79. The molecule has 0 bridgehead atoms. The number of nitrogens with zero attached hydrogens (tertiary/aromatic N) is 1. The summed E-state index contributed by atoms with van der Waals surface area (Å²) in [6, 6.07) is 23.3. The van der Waals surface area contributed by atoms with E-state index in [1.54, 1.807) is 6.07 Å². The summed E-state index contributed by atoms with van der Waals surface area (Å²) in [5.41, 5.74) is 1.08. The van der Waals surface area contributed by atoms with Gasteiger partial charge in [0.2, 0.25) is 11.8 Å². The van der Waals surface area contributed by atoms with Crippen LogP contribution in [0.4, 0.5) is 0 Å². The SMILES string of the molecule is CC(C)(C)N1C(=O)[C@H]2[C@H](CC=C3[C@H]2C[C@H]2C(=O)C(c4ccccc4)=CC(=O)[C@@]2(c2ccccc2)[C@H]3c2ccc(O)cc2Cl)C1=O. The van der Waals surface area contributed by atoms with Gasteiger partial charge in [0.15, 0.2) is 11.6 Å². The minimum Gasteiger partial charge on any atom is -0.508 e. The van der Waals surface area contributed by atoms with Crippen molar-refractivity contribution in [1.82, 2.24) is 4.90 Å². The molecule has 3 aromatic rings. The van der Waals surface area contributed by atoms with Crippen molar-refractivity contribution < 1.29 is 24.3 Å². The number of benzene rings is 3. The molecule has 1 saturated carbocycles. The Morgan fingerprint density at radius 3 is 2.18 bits per heavy atom. The standard InChI is InChI=1S/C38H34ClNO5/c1-37(2,3)40-35(44)26-17-16-24-28(32(26)36(40)45)19-29-34(43)27(21-10-6-4-7-11-21)20-31(42)38(29,22-12-8-5-9-13-22)33(24)25-15-14-23(41)18-30(25)39/h4-16,18,20,26,28-29,32-33,41H,17,19H2,1-3H3/t26-,28+,29-,32-,33+,38-/m0/s1. The van der Waals surface area contributed by atoms with Gasteiger partial charge in [-0.3, -0.25) is 24.1 Å². The van der Waals surface area contributed by atoms with Gasteiger partial charge in [-0.2, -0.15) is 0 Å². The van der Waals surface area contributed by atoms with E-state index >= 15 is 0 Å². The van der Waals surface area contributed by atoms with E-state index in [1.165, 1.54) is 23.1 Å². The number of Topliss-reactive ketones (excluding diaryl/α,β-unsaturated/α-hetero) is 1. The van der Waals surface area contributed by atoms with Gasteiger partial charge in [-0.15, -0.1) is 0 Å². The highest BCUT2D eigenvalue weighted by Crippen LogP contribution is 2.64. The Labute approximate surface area is 267 Å². The van der Waals surface area contributed by atoms with Crippen LogP contribution < -0.4 is 0 Å². The van der Waals surface area contributed by atoms with Gasteiger partial charge in [0.25, 0.3) is 0 Å². The summed E-state index contributed by atoms with van der Waals surface area (Å²) < 4.78 is 0. The molecule has 0 spiro atoms. The molecule has 6 nitrogen and oxygen atoms in total. The first-order valence-corrected chi connectivity index (χ1v) is 15.8. The molecule has 4 aliphatic rings. The predicted molar refractivity (Wildman–Crippen MR) is 171 cm³/mol. The van der Waals surface area contributed by atoms with Gasteiger partial charge in [0, 0.05) is 28.0 Å². The largest absolute Gasteiger partial charge is 0.508 e. The summed E-state index contributed by atoms with van der Waals surface area (Å²) in [4.78, 5) is 59.2. The summed E-state index contributed by atoms with van der Waals surface area (Å²) in [5.74, 6) is -4.03. The van der Waals surface area contributed by atoms with Crippen molar-refractivity contribution in [2.24, 2.45) is 23.7 Å². The number of allylic oxidation sites excluding steroid dienone is 4. The lowest BCUT2D eigenvalue weighted by Crippen LogP contribution is -2.59. The van der Waals surface area contributed by atoms with Crippen LogP contribution in [0.25, 0.3) is 5.57 Å². The lowest BCUT2D eigenvalue weighted by molar-refractivity contribution is -0.145. The lowest BCUT2D eigenvalue weighted by Gasteiger charge is -2.55. The third-order valence-electron chi connectivity index (χ3n) is 10.3. The fourth-order valence-electron chi connectivity index (χ4n) is 8.63. The molecule has 3 aromatic carbocycles. The Bertz CT molecular complexity index is 1820. The van der Waals surface area contributed by atoms with E-state index in [-0.39, 0.29) is 40.6 Å². The minimum absolute atomic E-state index is 0.0196. The summed E-state index contributed by atoms with van der Waals surface area (Å²) in [6.07, 6.45) is 4.09. The Morgan fingerprint density at radius 1 is 0.867 bits per heavy atom. The number of ketones is 2. The number of imide groups is 1. The van der Waals surface area contributed by atoms with E-state index in [0.717, 1.165) is 5.57 Å². The van der Waals surface area contributed by atoms with Crippen molar-refractivity contribution in [2.75, 3.05) is 0 Å². The first-order valence-electron chi connectivity index (χ1n) is 15.4. The van der Waals surface area contributed by atoms with Crippen LogP contribution in [0.2, 0.25) is 5.02 Å². The van der Waals surface area contributed by atoms with Crippen LogP contribution in [-0.4, -0.2) is 38.9 Å². The minimum atomic E-state index is -1.36. The Hall–Kier alpha value is -4.29. The number of amides is 2. The van der Waals surface area contributed by atoms with Crippen LogP contribution in [0.15, 0.2) is 96.6 Å². The second-order valence-electron chi connectivity index (χ2n) is 13.7. The van der Waals surface area contributed by atoms with Gasteiger partial charge in [-0.25, -0.2) is 0 Å². The molecule has 2 fully saturated rings. The number of halogens is 1. The molecule has 0 aromatic heterocycles. The zero-order valence-electron chi connectivity index (χ0n) is 25.4. The van der Waals surface area contributed by atoms with Gasteiger partial charge in [-0.05, 0) is 74.4 Å². The average Bonchev–Trinajstić information content (AvgIpc) is 3.28. The quantitative estimate of drug-likeness (QED) is 0.261. The number of hydrogen-bond acceptors (Lipinski definition) is 5. The molecule has 2 amide bonds. The molecular formula is C38H34ClNO5. The molecule has 1 aliphatic heterocycles. The normalized spacial score (nSPS) is 29.5. The number of rotatable bonds is 3. The van der Waals surface area contributed by atoms with E-state index in [0.29, 0.717) is 28.7 Å². The molecule has 6 atom stereocenters. The molecule has 3 aliphatic carbocycles. The third-order valence-corrected chi connectivity index (χ3v) is 10.7. The number of carbonyl (C=O) groups is 4. The maximum Gasteiger partial charge on any atom is 0.234 e. The van der Waals surface area contributed by atoms with Crippen molar-refractivity contribution in [3.05, 3.63) is 118 Å². The summed E-state index contributed by atoms with van der Waals surface area (Å²) in [5, 5.41) is 10.6. The average molecular weight is 620 g/mol. The van der Waals surface area contributed by atoms with Crippen molar-refractivity contribution in [3.8, 4) is 5.75 Å². The van der Waals surface area contributed by atoms with Crippen LogP contribution in [0, 0.1) is 23.7 Å². The summed E-state index contributed by atoms with van der Waals surface area (Å²) in [6.45, 7) is 5.57. The number of carbonyl (C=O) groups excluding carboxylic acids is 4. The van der Waals surface area contributed by atoms with Gasteiger partial charge in [0.1, 0.15) is 5.75 Å². The first kappa shape index (κ1) is 29.4. The van der Waals surface area contributed by atoms with Crippen molar-refractivity contribution in [1.29, 1.82) is 0 Å². The van der Waals surface area contributed by atoms with E-state index in [9.17, 15) is 24.3 Å². The molecule has 1 N–H and O–H groups in total. The molecule has 228 valence electrons. The number of phenolic OH excluding ortho intramolecular Hbond substituents is 1. The Balaban J connectivity index is 1.51. The molecule has 0 unspecified atom stereocenters. The van der Waals surface area contributed by atoms with Crippen LogP contribution >= 0.6 is 11.6 Å². The van der Waals surface area contributed by atoms with E-state index < -0.39 is 40.5 Å². The smallest absolute Gasteiger partial charge is 0.234 e. The maximum absolute atomic E-state index is 15.0. The summed E-state index contributed by atoms with van der Waals surface area (Å²) >= 11 is 6.90. The van der Waals surface area contributed by atoms with E-state index in [2.05, 4.69) is 0 Å². The Morgan fingerprint density at radius 2 is 1.53 bits per heavy atom. The lowest BCUT2D eigenvalue weighted by atomic mass is 9.44. The number of aromatic hydroxyl groups is 1. The van der Waals surface area contributed by atoms with E-state index in [1.807, 2.05) is 87.5 Å². The molecule has 0 radical (unpaired) electrons. The van der Waals surface area contributed by atoms with Crippen molar-refractivity contribution in [2.45, 2.75) is 50.5 Å². The first-order chi connectivity index (χ1) is 21.5. The molecule has 7 rings (SSSR count). The molecule has 45 heavy (non-hydrogen) atoms. The molecule has 1 heterocycles. The van der Waals surface area contributed by atoms with Crippen LogP contribution in [0.1, 0.15) is 56.2 Å². The van der Waals surface area contributed by atoms with Gasteiger partial charge in [0.05, 0.1) is 17.3 Å². The third kappa shape index (κ3) is 4.22. The number of hydrogen-bond donors (Lipinski definition) is 1. The number of fused-ring (bicyclic) bond motifs is 4. The highest BCUT2D eigenvalue weighted by Gasteiger charge is 2.66. The van der Waals surface area contributed by atoms with Crippen LogP contribution in [0.5, 0.6) is 5.75 Å². The number of likely N-dealkylation sites (tertiary alicyclic amines) is 1. The monoisotopic (exact) mass is 619 g/mol. The fraction of sp³-hybridized carbons (Fsp3) is 0.316. The van der Waals surface area contributed by atoms with Gasteiger partial charge in [-0.1, -0.05) is 90.0 Å². The highest BCUT2D eigenvalue weighted by atomic mass is 35.5. The van der Waals surface area contributed by atoms with E-state index in [4.69, 9.17) is 11.6 Å². The van der Waals surface area contributed by atoms with Crippen molar-refractivity contribution in [3.63, 3.8) is 0 Å². The zero-order valence-corrected chi connectivity index (χ0v) is 26.1. The van der Waals surface area contributed by atoms with Crippen molar-refractivity contribution >= 4 is 40.6 Å². The van der Waals surface area contributed by atoms with Crippen LogP contribution in [-0.2, 0) is 24.6 Å².